The molecule has 0 aromatic heterocycles. The molecule has 2 amide bonds. The van der Waals surface area contributed by atoms with Crippen LogP contribution in [0, 0.1) is 0 Å². The largest absolute Gasteiger partial charge is 0.464 e. The predicted molar refractivity (Wildman–Crippen MR) is 105 cm³/mol. The molecule has 2 heterocycles. The molecule has 0 spiro atoms. The van der Waals surface area contributed by atoms with Crippen molar-refractivity contribution in [2.75, 3.05) is 23.4 Å². The standard InChI is InChI=1S/C18H21BrN2O5S/c1-2-26-16(24)17(5-7-27-8-6-17)21-14(22)10-18(25)12-9-11(19)3-4-13(12)20-15(18)23/h3-4,9,25H,2,5-8,10H2,1H3,(H,20,23)(H,21,22). The fourth-order valence-electron chi connectivity index (χ4n) is 3.40. The van der Waals surface area contributed by atoms with Crippen LogP contribution < -0.4 is 10.6 Å². The number of hydrogen-bond acceptors (Lipinski definition) is 6. The van der Waals surface area contributed by atoms with Crippen LogP contribution >= 0.6 is 27.7 Å². The number of anilines is 1. The molecule has 1 atom stereocenters. The molecule has 0 bridgehead atoms. The van der Waals surface area contributed by atoms with Gasteiger partial charge < -0.3 is 20.5 Å². The van der Waals surface area contributed by atoms with Crippen molar-refractivity contribution in [3.8, 4) is 0 Å². The molecule has 2 aliphatic rings. The van der Waals surface area contributed by atoms with E-state index in [1.165, 1.54) is 0 Å². The summed E-state index contributed by atoms with van der Waals surface area (Å²) in [6.07, 6.45) is 0.431. The van der Waals surface area contributed by atoms with Crippen molar-refractivity contribution in [2.24, 2.45) is 0 Å². The second-order valence-corrected chi connectivity index (χ2v) is 8.78. The molecule has 27 heavy (non-hydrogen) atoms. The average molecular weight is 457 g/mol. The Morgan fingerprint density at radius 2 is 2.07 bits per heavy atom. The normalized spacial score (nSPS) is 23.3. The molecule has 0 radical (unpaired) electrons. The lowest BCUT2D eigenvalue weighted by molar-refractivity contribution is -0.155. The number of amides is 2. The van der Waals surface area contributed by atoms with E-state index in [1.807, 2.05) is 0 Å². The predicted octanol–water partition coefficient (Wildman–Crippen LogP) is 1.92. The molecular weight excluding hydrogens is 436 g/mol. The van der Waals surface area contributed by atoms with Crippen LogP contribution in [0.15, 0.2) is 22.7 Å². The van der Waals surface area contributed by atoms with Crippen LogP contribution in [-0.2, 0) is 24.7 Å². The number of esters is 1. The highest BCUT2D eigenvalue weighted by molar-refractivity contribution is 9.10. The number of aliphatic hydroxyl groups is 1. The van der Waals surface area contributed by atoms with Crippen LogP contribution in [-0.4, -0.2) is 46.5 Å². The van der Waals surface area contributed by atoms with Crippen LogP contribution in [0.2, 0.25) is 0 Å². The molecule has 1 unspecified atom stereocenters. The van der Waals surface area contributed by atoms with Crippen LogP contribution in [0.5, 0.6) is 0 Å². The highest BCUT2D eigenvalue weighted by Gasteiger charge is 2.49. The van der Waals surface area contributed by atoms with Crippen LogP contribution in [0.4, 0.5) is 5.69 Å². The lowest BCUT2D eigenvalue weighted by Gasteiger charge is -2.36. The van der Waals surface area contributed by atoms with E-state index in [0.29, 0.717) is 28.6 Å². The van der Waals surface area contributed by atoms with Gasteiger partial charge in [-0.3, -0.25) is 9.59 Å². The molecule has 1 aromatic carbocycles. The van der Waals surface area contributed by atoms with Gasteiger partial charge in [0.1, 0.15) is 5.54 Å². The highest BCUT2D eigenvalue weighted by Crippen LogP contribution is 2.40. The molecule has 7 nitrogen and oxygen atoms in total. The molecule has 3 rings (SSSR count). The Morgan fingerprint density at radius 3 is 2.74 bits per heavy atom. The molecule has 3 N–H and O–H groups in total. The molecular formula is C18H21BrN2O5S. The minimum atomic E-state index is -1.98. The van der Waals surface area contributed by atoms with E-state index in [1.54, 1.807) is 36.9 Å². The smallest absolute Gasteiger partial charge is 0.331 e. The van der Waals surface area contributed by atoms with Crippen LogP contribution in [0.25, 0.3) is 0 Å². The zero-order valence-corrected chi connectivity index (χ0v) is 17.2. The monoisotopic (exact) mass is 456 g/mol. The summed E-state index contributed by atoms with van der Waals surface area (Å²) >= 11 is 5.02. The molecule has 2 aliphatic heterocycles. The van der Waals surface area contributed by atoms with Gasteiger partial charge in [-0.1, -0.05) is 15.9 Å². The van der Waals surface area contributed by atoms with E-state index in [-0.39, 0.29) is 6.61 Å². The van der Waals surface area contributed by atoms with Crippen molar-refractivity contribution in [2.45, 2.75) is 37.3 Å². The number of ether oxygens (including phenoxy) is 1. The van der Waals surface area contributed by atoms with Gasteiger partial charge in [-0.15, -0.1) is 0 Å². The second kappa shape index (κ2) is 7.81. The maximum Gasteiger partial charge on any atom is 0.331 e. The van der Waals surface area contributed by atoms with E-state index in [9.17, 15) is 19.5 Å². The summed E-state index contributed by atoms with van der Waals surface area (Å²) in [4.78, 5) is 37.6. The topological polar surface area (TPSA) is 105 Å². The first-order valence-corrected chi connectivity index (χ1v) is 10.7. The van der Waals surface area contributed by atoms with Gasteiger partial charge in [0.2, 0.25) is 5.91 Å². The third-order valence-corrected chi connectivity index (χ3v) is 6.34. The minimum absolute atomic E-state index is 0.220. The summed E-state index contributed by atoms with van der Waals surface area (Å²) < 4.78 is 5.85. The van der Waals surface area contributed by atoms with Gasteiger partial charge in [0.05, 0.1) is 13.0 Å². The summed E-state index contributed by atoms with van der Waals surface area (Å²) in [6, 6.07) is 5.00. The van der Waals surface area contributed by atoms with E-state index in [4.69, 9.17) is 4.74 Å². The Labute approximate surface area is 169 Å². The summed E-state index contributed by atoms with van der Waals surface area (Å²) in [5, 5.41) is 16.3. The number of nitrogens with one attached hydrogen (secondary N) is 2. The van der Waals surface area contributed by atoms with Crippen molar-refractivity contribution in [3.63, 3.8) is 0 Å². The average Bonchev–Trinajstić information content (AvgIpc) is 2.86. The van der Waals surface area contributed by atoms with E-state index >= 15 is 0 Å². The number of hydrogen-bond donors (Lipinski definition) is 3. The first-order valence-electron chi connectivity index (χ1n) is 8.70. The first kappa shape index (κ1) is 20.2. The maximum atomic E-state index is 12.7. The third-order valence-electron chi connectivity index (χ3n) is 4.86. The van der Waals surface area contributed by atoms with Crippen molar-refractivity contribution in [1.29, 1.82) is 0 Å². The second-order valence-electron chi connectivity index (χ2n) is 6.64. The Kier molecular flexibility index (Phi) is 5.83. The number of fused-ring (bicyclic) bond motifs is 1. The molecule has 0 saturated carbocycles. The molecule has 1 aromatic rings. The maximum absolute atomic E-state index is 12.7. The fourth-order valence-corrected chi connectivity index (χ4v) is 4.95. The SMILES string of the molecule is CCOC(=O)C1(NC(=O)CC2(O)C(=O)Nc3ccc(Br)cc32)CCSCC1. The number of benzene rings is 1. The fraction of sp³-hybridized carbons (Fsp3) is 0.500. The molecule has 0 aliphatic carbocycles. The van der Waals surface area contributed by atoms with Crippen molar-refractivity contribution < 1.29 is 24.2 Å². The molecule has 146 valence electrons. The lowest BCUT2D eigenvalue weighted by atomic mass is 9.88. The summed E-state index contributed by atoms with van der Waals surface area (Å²) in [5.41, 5.74) is -2.29. The van der Waals surface area contributed by atoms with Crippen molar-refractivity contribution in [3.05, 3.63) is 28.2 Å². The van der Waals surface area contributed by atoms with Crippen LogP contribution in [0.1, 0.15) is 31.7 Å². The van der Waals surface area contributed by atoms with Crippen molar-refractivity contribution in [1.82, 2.24) is 5.32 Å². The number of carbonyl (C=O) groups excluding carboxylic acids is 3. The Morgan fingerprint density at radius 1 is 1.37 bits per heavy atom. The Balaban J connectivity index is 1.81. The van der Waals surface area contributed by atoms with Gasteiger partial charge in [-0.2, -0.15) is 11.8 Å². The minimum Gasteiger partial charge on any atom is -0.464 e. The van der Waals surface area contributed by atoms with Gasteiger partial charge >= 0.3 is 5.97 Å². The first-order chi connectivity index (χ1) is 12.8. The summed E-state index contributed by atoms with van der Waals surface area (Å²) in [7, 11) is 0. The number of halogens is 1. The lowest BCUT2D eigenvalue weighted by Crippen LogP contribution is -2.58. The van der Waals surface area contributed by atoms with Crippen LogP contribution in [0.3, 0.4) is 0 Å². The zero-order valence-electron chi connectivity index (χ0n) is 14.8. The van der Waals surface area contributed by atoms with Gasteiger partial charge in [0.25, 0.3) is 5.91 Å². The number of carbonyl (C=O) groups is 3. The van der Waals surface area contributed by atoms with E-state index < -0.39 is 35.3 Å². The van der Waals surface area contributed by atoms with Gasteiger partial charge in [-0.05, 0) is 49.5 Å². The van der Waals surface area contributed by atoms with E-state index in [2.05, 4.69) is 26.6 Å². The Bertz CT molecular complexity index is 781. The molecule has 1 fully saturated rings. The molecule has 1 saturated heterocycles. The van der Waals surface area contributed by atoms with Gasteiger partial charge in [0.15, 0.2) is 5.60 Å². The zero-order chi connectivity index (χ0) is 19.7. The Hall–Kier alpha value is -1.58. The number of rotatable bonds is 5. The number of thioether (sulfide) groups is 1. The van der Waals surface area contributed by atoms with Gasteiger partial charge in [0, 0.05) is 15.7 Å². The van der Waals surface area contributed by atoms with E-state index in [0.717, 1.165) is 11.5 Å². The summed E-state index contributed by atoms with van der Waals surface area (Å²) in [6.45, 7) is 1.93. The quantitative estimate of drug-likeness (QED) is 0.584. The van der Waals surface area contributed by atoms with Gasteiger partial charge in [-0.25, -0.2) is 4.79 Å². The third kappa shape index (κ3) is 3.86. The molecule has 9 heteroatoms. The summed E-state index contributed by atoms with van der Waals surface area (Å²) in [5.74, 6) is -0.251. The highest BCUT2D eigenvalue weighted by atomic mass is 79.9. The van der Waals surface area contributed by atoms with Crippen molar-refractivity contribution >= 4 is 51.2 Å².